The van der Waals surface area contributed by atoms with Crippen molar-refractivity contribution in [2.75, 3.05) is 19.0 Å². The summed E-state index contributed by atoms with van der Waals surface area (Å²) >= 11 is 0. The van der Waals surface area contributed by atoms with E-state index in [0.717, 1.165) is 11.3 Å². The lowest BCUT2D eigenvalue weighted by molar-refractivity contribution is 0.627. The van der Waals surface area contributed by atoms with Crippen LogP contribution in [0.4, 0.5) is 10.1 Å². The first-order chi connectivity index (χ1) is 7.84. The first-order valence-corrected chi connectivity index (χ1v) is 5.99. The molecule has 1 aromatic carbocycles. The van der Waals surface area contributed by atoms with Crippen molar-refractivity contribution >= 4 is 11.3 Å². The first-order valence-electron chi connectivity index (χ1n) is 5.99. The highest BCUT2D eigenvalue weighted by molar-refractivity contribution is 5.77. The third-order valence-corrected chi connectivity index (χ3v) is 3.30. The Morgan fingerprint density at radius 1 is 1.18 bits per heavy atom. The van der Waals surface area contributed by atoms with Gasteiger partial charge in [0.1, 0.15) is 5.82 Å². The molecule has 2 heteroatoms. The van der Waals surface area contributed by atoms with Crippen LogP contribution in [-0.4, -0.2) is 14.1 Å². The second-order valence-electron chi connectivity index (χ2n) is 5.02. The molecule has 0 atom stereocenters. The minimum atomic E-state index is -0.179. The summed E-state index contributed by atoms with van der Waals surface area (Å²) in [5.41, 5.74) is 4.52. The molecule has 94 valence electrons. The average Bonchev–Trinajstić information content (AvgIpc) is 2.26. The van der Waals surface area contributed by atoms with E-state index in [0.29, 0.717) is 5.92 Å². The summed E-state index contributed by atoms with van der Waals surface area (Å²) in [5.74, 6) is 0.301. The van der Waals surface area contributed by atoms with Crippen LogP contribution in [0.25, 0.3) is 5.57 Å². The van der Waals surface area contributed by atoms with Gasteiger partial charge in [0.2, 0.25) is 0 Å². The van der Waals surface area contributed by atoms with Crippen LogP contribution < -0.4 is 4.90 Å². The number of nitrogens with zero attached hydrogens (tertiary/aromatic N) is 1. The van der Waals surface area contributed by atoms with Crippen LogP contribution in [0.15, 0.2) is 23.8 Å². The quantitative estimate of drug-likeness (QED) is 0.753. The van der Waals surface area contributed by atoms with E-state index in [1.165, 1.54) is 17.2 Å². The number of benzene rings is 1. The maximum atomic E-state index is 13.4. The molecule has 0 heterocycles. The van der Waals surface area contributed by atoms with Crippen LogP contribution in [0.3, 0.4) is 0 Å². The van der Waals surface area contributed by atoms with Crippen molar-refractivity contribution in [3.8, 4) is 0 Å². The van der Waals surface area contributed by atoms with Crippen molar-refractivity contribution in [1.29, 1.82) is 0 Å². The van der Waals surface area contributed by atoms with Gasteiger partial charge in [-0.05, 0) is 43.5 Å². The molecule has 0 bridgehead atoms. The van der Waals surface area contributed by atoms with E-state index >= 15 is 0 Å². The summed E-state index contributed by atoms with van der Waals surface area (Å²) in [6.45, 7) is 8.50. The van der Waals surface area contributed by atoms with Gasteiger partial charge in [0.25, 0.3) is 0 Å². The topological polar surface area (TPSA) is 3.24 Å². The van der Waals surface area contributed by atoms with Gasteiger partial charge in [-0.15, -0.1) is 0 Å². The van der Waals surface area contributed by atoms with Crippen LogP contribution >= 0.6 is 0 Å². The number of allylic oxidation sites excluding steroid dienone is 2. The molecule has 0 aliphatic carbocycles. The maximum Gasteiger partial charge on any atom is 0.123 e. The molecule has 0 amide bonds. The van der Waals surface area contributed by atoms with Gasteiger partial charge in [-0.25, -0.2) is 4.39 Å². The lowest BCUT2D eigenvalue weighted by Gasteiger charge is -2.20. The molecule has 0 aliphatic heterocycles. The molecule has 1 rings (SSSR count). The van der Waals surface area contributed by atoms with E-state index < -0.39 is 0 Å². The minimum Gasteiger partial charge on any atom is -0.377 e. The zero-order chi connectivity index (χ0) is 13.2. The SMILES string of the molecule is C/C(=C(/C)C(C)C)c1cc(F)ccc1N(C)C. The Kier molecular flexibility index (Phi) is 4.33. The Bertz CT molecular complexity index is 431. The molecule has 0 N–H and O–H groups in total. The third kappa shape index (κ3) is 3.09. The monoisotopic (exact) mass is 235 g/mol. The van der Waals surface area contributed by atoms with Crippen LogP contribution in [0.5, 0.6) is 0 Å². The normalized spacial score (nSPS) is 12.7. The van der Waals surface area contributed by atoms with Gasteiger partial charge >= 0.3 is 0 Å². The van der Waals surface area contributed by atoms with Crippen molar-refractivity contribution in [2.24, 2.45) is 5.92 Å². The van der Waals surface area contributed by atoms with Crippen LogP contribution in [0.1, 0.15) is 33.3 Å². The molecule has 0 saturated carbocycles. The molecule has 0 saturated heterocycles. The highest BCUT2D eigenvalue weighted by atomic mass is 19.1. The molecule has 0 unspecified atom stereocenters. The van der Waals surface area contributed by atoms with Crippen molar-refractivity contribution in [1.82, 2.24) is 0 Å². The predicted molar refractivity (Wildman–Crippen MR) is 73.8 cm³/mol. The van der Waals surface area contributed by atoms with E-state index in [1.54, 1.807) is 6.07 Å². The largest absolute Gasteiger partial charge is 0.377 e. The van der Waals surface area contributed by atoms with Gasteiger partial charge in [-0.1, -0.05) is 19.4 Å². The Hall–Kier alpha value is -1.31. The lowest BCUT2D eigenvalue weighted by Crippen LogP contribution is -2.11. The zero-order valence-electron chi connectivity index (χ0n) is 11.6. The predicted octanol–water partition coefficient (Wildman–Crippen LogP) is 4.34. The third-order valence-electron chi connectivity index (χ3n) is 3.30. The van der Waals surface area contributed by atoms with E-state index in [2.05, 4.69) is 27.7 Å². The Morgan fingerprint density at radius 3 is 2.24 bits per heavy atom. The van der Waals surface area contributed by atoms with Gasteiger partial charge in [0.15, 0.2) is 0 Å². The van der Waals surface area contributed by atoms with Gasteiger partial charge in [0, 0.05) is 25.3 Å². The number of hydrogen-bond acceptors (Lipinski definition) is 1. The van der Waals surface area contributed by atoms with Gasteiger partial charge in [-0.3, -0.25) is 0 Å². The summed E-state index contributed by atoms with van der Waals surface area (Å²) in [4.78, 5) is 2.02. The smallest absolute Gasteiger partial charge is 0.123 e. The van der Waals surface area contributed by atoms with Crippen molar-refractivity contribution in [2.45, 2.75) is 27.7 Å². The van der Waals surface area contributed by atoms with E-state index in [4.69, 9.17) is 0 Å². The molecule has 0 radical (unpaired) electrons. The summed E-state index contributed by atoms with van der Waals surface area (Å²) in [6, 6.07) is 4.97. The molecule has 1 nitrogen and oxygen atoms in total. The number of hydrogen-bond donors (Lipinski definition) is 0. The fourth-order valence-corrected chi connectivity index (χ4v) is 1.84. The average molecular weight is 235 g/mol. The highest BCUT2D eigenvalue weighted by Gasteiger charge is 2.11. The zero-order valence-corrected chi connectivity index (χ0v) is 11.6. The molecule has 0 spiro atoms. The standard InChI is InChI=1S/C15H22FN/c1-10(2)11(3)12(4)14-9-13(16)7-8-15(14)17(5)6/h7-10H,1-6H3/b12-11+. The molecule has 0 fully saturated rings. The lowest BCUT2D eigenvalue weighted by atomic mass is 9.94. The summed E-state index contributed by atoms with van der Waals surface area (Å²) in [5, 5.41) is 0. The summed E-state index contributed by atoms with van der Waals surface area (Å²) in [7, 11) is 3.96. The summed E-state index contributed by atoms with van der Waals surface area (Å²) < 4.78 is 13.4. The molecular formula is C15H22FN. The van der Waals surface area contributed by atoms with Gasteiger partial charge in [0.05, 0.1) is 0 Å². The Balaban J connectivity index is 3.39. The molecule has 0 aromatic heterocycles. The van der Waals surface area contributed by atoms with Crippen molar-refractivity contribution in [3.05, 3.63) is 35.2 Å². The highest BCUT2D eigenvalue weighted by Crippen LogP contribution is 2.30. The molecule has 0 aliphatic rings. The number of anilines is 1. The van der Waals surface area contributed by atoms with Gasteiger partial charge < -0.3 is 4.90 Å². The summed E-state index contributed by atoms with van der Waals surface area (Å²) in [6.07, 6.45) is 0. The van der Waals surface area contributed by atoms with Gasteiger partial charge in [-0.2, -0.15) is 0 Å². The number of halogens is 1. The Labute approximate surface area is 104 Å². The molecule has 17 heavy (non-hydrogen) atoms. The van der Waals surface area contributed by atoms with Crippen LogP contribution in [0, 0.1) is 11.7 Å². The van der Waals surface area contributed by atoms with Crippen LogP contribution in [0.2, 0.25) is 0 Å². The molecular weight excluding hydrogens is 213 g/mol. The van der Waals surface area contributed by atoms with E-state index in [1.807, 2.05) is 25.1 Å². The molecule has 1 aromatic rings. The van der Waals surface area contributed by atoms with Crippen molar-refractivity contribution < 1.29 is 4.39 Å². The first kappa shape index (κ1) is 13.8. The number of rotatable bonds is 3. The Morgan fingerprint density at radius 2 is 1.76 bits per heavy atom. The van der Waals surface area contributed by atoms with E-state index in [9.17, 15) is 4.39 Å². The van der Waals surface area contributed by atoms with Crippen LogP contribution in [-0.2, 0) is 0 Å². The second-order valence-corrected chi connectivity index (χ2v) is 5.02. The minimum absolute atomic E-state index is 0.179. The van der Waals surface area contributed by atoms with Crippen molar-refractivity contribution in [3.63, 3.8) is 0 Å². The fourth-order valence-electron chi connectivity index (χ4n) is 1.84. The maximum absolute atomic E-state index is 13.4. The second kappa shape index (κ2) is 5.35. The van der Waals surface area contributed by atoms with E-state index in [-0.39, 0.29) is 5.82 Å². The fraction of sp³-hybridized carbons (Fsp3) is 0.467.